The molecule has 0 N–H and O–H groups in total. The van der Waals surface area contributed by atoms with E-state index in [1.165, 1.54) is 23.3 Å². The van der Waals surface area contributed by atoms with Gasteiger partial charge >= 0.3 is 0 Å². The second-order valence-electron chi connectivity index (χ2n) is 5.21. The lowest BCUT2D eigenvalue weighted by Gasteiger charge is -2.07. The predicted octanol–water partition coefficient (Wildman–Crippen LogP) is 4.19. The van der Waals surface area contributed by atoms with Crippen molar-refractivity contribution < 1.29 is 9.18 Å². The van der Waals surface area contributed by atoms with Crippen molar-refractivity contribution in [2.75, 3.05) is 0 Å². The monoisotopic (exact) mass is 270 g/mol. The number of carbonyl (C=O) groups is 1. The summed E-state index contributed by atoms with van der Waals surface area (Å²) in [6, 6.07) is 12.7. The molecule has 0 aliphatic rings. The molecule has 0 atom stereocenters. The lowest BCUT2D eigenvalue weighted by Crippen LogP contribution is -2.06. The average molecular weight is 270 g/mol. The van der Waals surface area contributed by atoms with E-state index in [1.54, 1.807) is 6.07 Å². The van der Waals surface area contributed by atoms with Crippen LogP contribution in [-0.2, 0) is 17.6 Å². The van der Waals surface area contributed by atoms with Gasteiger partial charge in [-0.15, -0.1) is 0 Å². The molecule has 1 nitrogen and oxygen atoms in total. The number of Topliss-reactive ketones (excluding diaryl/α,β-unsaturated/α-hetero) is 1. The molecular formula is C18H19FO. The summed E-state index contributed by atoms with van der Waals surface area (Å²) < 4.78 is 13.0. The summed E-state index contributed by atoms with van der Waals surface area (Å²) in [5.41, 5.74) is 4.20. The quantitative estimate of drug-likeness (QED) is 0.796. The van der Waals surface area contributed by atoms with Crippen LogP contribution in [0.4, 0.5) is 4.39 Å². The number of aryl methyl sites for hydroxylation is 3. The summed E-state index contributed by atoms with van der Waals surface area (Å²) in [6.07, 6.45) is 1.69. The summed E-state index contributed by atoms with van der Waals surface area (Å²) >= 11 is 0. The van der Waals surface area contributed by atoms with Crippen LogP contribution in [0, 0.1) is 19.7 Å². The molecule has 2 aromatic carbocycles. The van der Waals surface area contributed by atoms with Gasteiger partial charge in [0.05, 0.1) is 0 Å². The summed E-state index contributed by atoms with van der Waals surface area (Å²) in [6.45, 7) is 3.90. The molecular weight excluding hydrogens is 251 g/mol. The molecule has 20 heavy (non-hydrogen) atoms. The van der Waals surface area contributed by atoms with Crippen molar-refractivity contribution in [3.05, 3.63) is 70.5 Å². The molecule has 0 bridgehead atoms. The Morgan fingerprint density at radius 1 is 1.00 bits per heavy atom. The molecule has 104 valence electrons. The van der Waals surface area contributed by atoms with E-state index < -0.39 is 0 Å². The van der Waals surface area contributed by atoms with Gasteiger partial charge in [-0.1, -0.05) is 30.3 Å². The first-order valence-corrected chi connectivity index (χ1v) is 6.87. The van der Waals surface area contributed by atoms with Crippen LogP contribution in [0.5, 0.6) is 0 Å². The second-order valence-corrected chi connectivity index (χ2v) is 5.21. The number of hydrogen-bond donors (Lipinski definition) is 0. The Labute approximate surface area is 119 Å². The van der Waals surface area contributed by atoms with Crippen molar-refractivity contribution in [3.63, 3.8) is 0 Å². The summed E-state index contributed by atoms with van der Waals surface area (Å²) in [4.78, 5) is 12.0. The first-order valence-electron chi connectivity index (χ1n) is 6.87. The third-order valence-electron chi connectivity index (χ3n) is 3.63. The van der Waals surface area contributed by atoms with E-state index in [2.05, 4.69) is 19.1 Å². The number of benzene rings is 2. The van der Waals surface area contributed by atoms with Crippen molar-refractivity contribution in [2.45, 2.75) is 33.1 Å². The van der Waals surface area contributed by atoms with E-state index >= 15 is 0 Å². The zero-order valence-corrected chi connectivity index (χ0v) is 11.9. The first-order chi connectivity index (χ1) is 9.56. The molecule has 0 heterocycles. The van der Waals surface area contributed by atoms with Crippen molar-refractivity contribution in [1.82, 2.24) is 0 Å². The maximum Gasteiger partial charge on any atom is 0.137 e. The smallest absolute Gasteiger partial charge is 0.137 e. The molecule has 2 heteroatoms. The standard InChI is InChI=1S/C18H19FO/c1-13-5-3-4-6-15(13)8-10-18(20)12-16-7-9-17(19)11-14(16)2/h3-7,9,11H,8,10,12H2,1-2H3. The number of halogens is 1. The van der Waals surface area contributed by atoms with Gasteiger partial charge in [0.1, 0.15) is 11.6 Å². The van der Waals surface area contributed by atoms with Gasteiger partial charge in [0, 0.05) is 12.8 Å². The van der Waals surface area contributed by atoms with Crippen LogP contribution in [0.3, 0.4) is 0 Å². The van der Waals surface area contributed by atoms with Gasteiger partial charge in [-0.2, -0.15) is 0 Å². The van der Waals surface area contributed by atoms with Crippen molar-refractivity contribution in [1.29, 1.82) is 0 Å². The van der Waals surface area contributed by atoms with E-state index in [4.69, 9.17) is 0 Å². The summed E-state index contributed by atoms with van der Waals surface area (Å²) in [5, 5.41) is 0. The van der Waals surface area contributed by atoms with Gasteiger partial charge in [-0.25, -0.2) is 4.39 Å². The molecule has 0 fully saturated rings. The van der Waals surface area contributed by atoms with E-state index in [1.807, 2.05) is 19.1 Å². The molecule has 0 spiro atoms. The SMILES string of the molecule is Cc1ccccc1CCC(=O)Cc1ccc(F)cc1C. The van der Waals surface area contributed by atoms with Gasteiger partial charge in [0.25, 0.3) is 0 Å². The van der Waals surface area contributed by atoms with Crippen LogP contribution in [0.1, 0.15) is 28.7 Å². The Balaban J connectivity index is 1.94. The van der Waals surface area contributed by atoms with Crippen molar-refractivity contribution in [2.24, 2.45) is 0 Å². The predicted molar refractivity (Wildman–Crippen MR) is 79.3 cm³/mol. The van der Waals surface area contributed by atoms with E-state index in [9.17, 15) is 9.18 Å². The fourth-order valence-corrected chi connectivity index (χ4v) is 2.32. The molecule has 0 radical (unpaired) electrons. The van der Waals surface area contributed by atoms with Gasteiger partial charge in [0.15, 0.2) is 0 Å². The fraction of sp³-hybridized carbons (Fsp3) is 0.278. The number of carbonyl (C=O) groups excluding carboxylic acids is 1. The third kappa shape index (κ3) is 3.77. The van der Waals surface area contributed by atoms with Crippen molar-refractivity contribution in [3.8, 4) is 0 Å². The Morgan fingerprint density at radius 2 is 1.75 bits per heavy atom. The zero-order chi connectivity index (χ0) is 14.5. The third-order valence-corrected chi connectivity index (χ3v) is 3.63. The highest BCUT2D eigenvalue weighted by Crippen LogP contribution is 2.14. The van der Waals surface area contributed by atoms with Crippen LogP contribution in [0.2, 0.25) is 0 Å². The number of hydrogen-bond acceptors (Lipinski definition) is 1. The molecule has 2 aromatic rings. The van der Waals surface area contributed by atoms with Crippen LogP contribution in [0.15, 0.2) is 42.5 Å². The van der Waals surface area contributed by atoms with Crippen LogP contribution >= 0.6 is 0 Å². The Morgan fingerprint density at radius 3 is 2.45 bits per heavy atom. The van der Waals surface area contributed by atoms with Crippen molar-refractivity contribution >= 4 is 5.78 Å². The maximum absolute atomic E-state index is 13.0. The molecule has 0 amide bonds. The molecule has 0 aliphatic carbocycles. The molecule has 0 aromatic heterocycles. The molecule has 0 unspecified atom stereocenters. The maximum atomic E-state index is 13.0. The second kappa shape index (κ2) is 6.47. The fourth-order valence-electron chi connectivity index (χ4n) is 2.32. The van der Waals surface area contributed by atoms with Crippen LogP contribution in [0.25, 0.3) is 0 Å². The minimum atomic E-state index is -0.251. The minimum absolute atomic E-state index is 0.197. The highest BCUT2D eigenvalue weighted by Gasteiger charge is 2.08. The molecule has 0 saturated heterocycles. The van der Waals surface area contributed by atoms with E-state index in [0.29, 0.717) is 12.8 Å². The highest BCUT2D eigenvalue weighted by atomic mass is 19.1. The Kier molecular flexibility index (Phi) is 4.67. The number of rotatable bonds is 5. The first kappa shape index (κ1) is 14.4. The Bertz CT molecular complexity index is 617. The molecule has 0 aliphatic heterocycles. The highest BCUT2D eigenvalue weighted by molar-refractivity contribution is 5.81. The van der Waals surface area contributed by atoms with E-state index in [-0.39, 0.29) is 11.6 Å². The van der Waals surface area contributed by atoms with Gasteiger partial charge in [-0.05, 0) is 54.7 Å². The lowest BCUT2D eigenvalue weighted by molar-refractivity contribution is -0.118. The van der Waals surface area contributed by atoms with Gasteiger partial charge in [0.2, 0.25) is 0 Å². The Hall–Kier alpha value is -1.96. The minimum Gasteiger partial charge on any atom is -0.299 e. The zero-order valence-electron chi connectivity index (χ0n) is 11.9. The topological polar surface area (TPSA) is 17.1 Å². The normalized spacial score (nSPS) is 10.6. The summed E-state index contributed by atoms with van der Waals surface area (Å²) in [5.74, 6) is -0.0541. The van der Waals surface area contributed by atoms with Crippen LogP contribution in [-0.4, -0.2) is 5.78 Å². The van der Waals surface area contributed by atoms with Gasteiger partial charge < -0.3 is 0 Å². The van der Waals surface area contributed by atoms with Crippen LogP contribution < -0.4 is 0 Å². The molecule has 0 saturated carbocycles. The molecule has 2 rings (SSSR count). The lowest BCUT2D eigenvalue weighted by atomic mass is 9.98. The number of ketones is 1. The average Bonchev–Trinajstić information content (AvgIpc) is 2.41. The van der Waals surface area contributed by atoms with E-state index in [0.717, 1.165) is 17.5 Å². The largest absolute Gasteiger partial charge is 0.299 e. The van der Waals surface area contributed by atoms with Gasteiger partial charge in [-0.3, -0.25) is 4.79 Å². The summed E-state index contributed by atoms with van der Waals surface area (Å²) in [7, 11) is 0.